The first-order valence-corrected chi connectivity index (χ1v) is 9.74. The Kier molecular flexibility index (Phi) is 5.08. The van der Waals surface area contributed by atoms with Gasteiger partial charge in [-0.2, -0.15) is 17.0 Å². The molecule has 0 unspecified atom stereocenters. The van der Waals surface area contributed by atoms with Gasteiger partial charge in [0.15, 0.2) is 0 Å². The van der Waals surface area contributed by atoms with Gasteiger partial charge >= 0.3 is 0 Å². The summed E-state index contributed by atoms with van der Waals surface area (Å²) in [5, 5.41) is 0. The van der Waals surface area contributed by atoms with Crippen LogP contribution in [0.5, 0.6) is 5.75 Å². The average Bonchev–Trinajstić information content (AvgIpc) is 3.11. The number of piperazine rings is 1. The first-order chi connectivity index (χ1) is 11.1. The number of nitrogens with zero attached hydrogens (tertiary/aromatic N) is 3. The van der Waals surface area contributed by atoms with Crippen LogP contribution in [-0.4, -0.2) is 62.9 Å². The van der Waals surface area contributed by atoms with Gasteiger partial charge in [0.05, 0.1) is 12.3 Å². The normalized spacial score (nSPS) is 20.8. The monoisotopic (exact) mass is 339 g/mol. The molecule has 0 N–H and O–H groups in total. The van der Waals surface area contributed by atoms with Gasteiger partial charge in [-0.1, -0.05) is 12.1 Å². The molecule has 0 aliphatic carbocycles. The first-order valence-electron chi connectivity index (χ1n) is 8.35. The van der Waals surface area contributed by atoms with Crippen molar-refractivity contribution in [2.45, 2.75) is 19.8 Å². The van der Waals surface area contributed by atoms with Crippen molar-refractivity contribution in [3.05, 3.63) is 24.3 Å². The standard InChI is InChI=1S/C16H25N3O3S/c1-2-22-16-8-4-3-7-15(16)17-11-13-19(14-12-17)23(20,21)18-9-5-6-10-18/h3-4,7-8H,2,5-6,9-14H2,1H3. The van der Waals surface area contributed by atoms with Crippen molar-refractivity contribution in [2.75, 3.05) is 50.8 Å². The molecular weight excluding hydrogens is 314 g/mol. The highest BCUT2D eigenvalue weighted by molar-refractivity contribution is 7.86. The van der Waals surface area contributed by atoms with Gasteiger partial charge < -0.3 is 9.64 Å². The van der Waals surface area contributed by atoms with Crippen molar-refractivity contribution in [1.82, 2.24) is 8.61 Å². The van der Waals surface area contributed by atoms with E-state index in [0.29, 0.717) is 45.9 Å². The second-order valence-electron chi connectivity index (χ2n) is 5.90. The van der Waals surface area contributed by atoms with Gasteiger partial charge in [0.25, 0.3) is 10.2 Å². The number of ether oxygens (including phenoxy) is 1. The molecule has 128 valence electrons. The predicted octanol–water partition coefficient (Wildman–Crippen LogP) is 1.55. The fourth-order valence-electron chi connectivity index (χ4n) is 3.24. The van der Waals surface area contributed by atoms with Gasteiger partial charge in [-0.25, -0.2) is 0 Å². The molecule has 6 nitrogen and oxygen atoms in total. The molecule has 0 aromatic heterocycles. The van der Waals surface area contributed by atoms with Crippen molar-refractivity contribution < 1.29 is 13.2 Å². The molecule has 0 atom stereocenters. The number of rotatable bonds is 5. The minimum atomic E-state index is -3.28. The van der Waals surface area contributed by atoms with Gasteiger partial charge in [-0.15, -0.1) is 0 Å². The molecule has 0 bridgehead atoms. The summed E-state index contributed by atoms with van der Waals surface area (Å²) in [4.78, 5) is 2.21. The van der Waals surface area contributed by atoms with E-state index in [1.165, 1.54) is 0 Å². The number of anilines is 1. The summed E-state index contributed by atoms with van der Waals surface area (Å²) < 4.78 is 34.1. The van der Waals surface area contributed by atoms with Crippen LogP contribution in [0.3, 0.4) is 0 Å². The second-order valence-corrected chi connectivity index (χ2v) is 7.83. The summed E-state index contributed by atoms with van der Waals surface area (Å²) in [6.07, 6.45) is 1.95. The Bertz CT molecular complexity index is 621. The third kappa shape index (κ3) is 3.46. The summed E-state index contributed by atoms with van der Waals surface area (Å²) in [5.41, 5.74) is 1.05. The molecular formula is C16H25N3O3S. The molecule has 1 aromatic rings. The van der Waals surface area contributed by atoms with Gasteiger partial charge in [0, 0.05) is 39.3 Å². The van der Waals surface area contributed by atoms with E-state index in [-0.39, 0.29) is 0 Å². The van der Waals surface area contributed by atoms with Crippen molar-refractivity contribution in [3.8, 4) is 5.75 Å². The van der Waals surface area contributed by atoms with E-state index < -0.39 is 10.2 Å². The van der Waals surface area contributed by atoms with Crippen LogP contribution in [0.1, 0.15) is 19.8 Å². The lowest BCUT2D eigenvalue weighted by atomic mass is 10.2. The SMILES string of the molecule is CCOc1ccccc1N1CCN(S(=O)(=O)N2CCCC2)CC1. The van der Waals surface area contributed by atoms with Gasteiger partial charge in [-0.05, 0) is 31.9 Å². The third-order valence-electron chi connectivity index (χ3n) is 4.46. The van der Waals surface area contributed by atoms with Crippen molar-refractivity contribution in [1.29, 1.82) is 0 Å². The largest absolute Gasteiger partial charge is 0.492 e. The molecule has 0 amide bonds. The number of para-hydroxylation sites is 2. The summed E-state index contributed by atoms with van der Waals surface area (Å²) in [6.45, 7) is 6.36. The minimum Gasteiger partial charge on any atom is -0.492 e. The number of hydrogen-bond donors (Lipinski definition) is 0. The minimum absolute atomic E-state index is 0.527. The van der Waals surface area contributed by atoms with E-state index in [4.69, 9.17) is 4.74 Å². The molecule has 2 fully saturated rings. The Balaban J connectivity index is 1.67. The van der Waals surface area contributed by atoms with Gasteiger partial charge in [0.1, 0.15) is 5.75 Å². The zero-order valence-electron chi connectivity index (χ0n) is 13.6. The lowest BCUT2D eigenvalue weighted by Gasteiger charge is -2.37. The van der Waals surface area contributed by atoms with Crippen molar-refractivity contribution in [2.24, 2.45) is 0 Å². The lowest BCUT2D eigenvalue weighted by Crippen LogP contribution is -2.52. The fourth-order valence-corrected chi connectivity index (χ4v) is 4.91. The van der Waals surface area contributed by atoms with Crippen LogP contribution < -0.4 is 9.64 Å². The van der Waals surface area contributed by atoms with Crippen LogP contribution in [0, 0.1) is 0 Å². The van der Waals surface area contributed by atoms with Gasteiger partial charge in [0.2, 0.25) is 0 Å². The molecule has 1 aromatic carbocycles. The first kappa shape index (κ1) is 16.5. The lowest BCUT2D eigenvalue weighted by molar-refractivity contribution is 0.330. The molecule has 2 saturated heterocycles. The molecule has 2 aliphatic rings. The van der Waals surface area contributed by atoms with Crippen molar-refractivity contribution >= 4 is 15.9 Å². The molecule has 0 spiro atoms. The molecule has 0 saturated carbocycles. The Labute approximate surface area is 138 Å². The van der Waals surface area contributed by atoms with Crippen LogP contribution in [0.15, 0.2) is 24.3 Å². The van der Waals surface area contributed by atoms with E-state index in [1.54, 1.807) is 8.61 Å². The van der Waals surface area contributed by atoms with Crippen molar-refractivity contribution in [3.63, 3.8) is 0 Å². The van der Waals surface area contributed by atoms with E-state index in [2.05, 4.69) is 4.90 Å². The molecule has 3 rings (SSSR count). The third-order valence-corrected chi connectivity index (χ3v) is 6.50. The predicted molar refractivity (Wildman–Crippen MR) is 91.1 cm³/mol. The molecule has 2 heterocycles. The maximum Gasteiger partial charge on any atom is 0.282 e. The summed E-state index contributed by atoms with van der Waals surface area (Å²) in [6, 6.07) is 7.95. The molecule has 7 heteroatoms. The maximum atomic E-state index is 12.6. The zero-order valence-corrected chi connectivity index (χ0v) is 14.5. The smallest absolute Gasteiger partial charge is 0.282 e. The Morgan fingerprint density at radius 2 is 1.57 bits per heavy atom. The number of benzene rings is 1. The van der Waals surface area contributed by atoms with Crippen LogP contribution in [-0.2, 0) is 10.2 Å². The average molecular weight is 339 g/mol. The van der Waals surface area contributed by atoms with Crippen LogP contribution in [0.25, 0.3) is 0 Å². The van der Waals surface area contributed by atoms with Crippen LogP contribution in [0.2, 0.25) is 0 Å². The fraction of sp³-hybridized carbons (Fsp3) is 0.625. The summed E-state index contributed by atoms with van der Waals surface area (Å²) in [5.74, 6) is 0.867. The molecule has 0 radical (unpaired) electrons. The highest BCUT2D eigenvalue weighted by Crippen LogP contribution is 2.29. The van der Waals surface area contributed by atoms with E-state index in [9.17, 15) is 8.42 Å². The molecule has 2 aliphatic heterocycles. The topological polar surface area (TPSA) is 53.1 Å². The summed E-state index contributed by atoms with van der Waals surface area (Å²) in [7, 11) is -3.28. The summed E-state index contributed by atoms with van der Waals surface area (Å²) >= 11 is 0. The number of hydrogen-bond acceptors (Lipinski definition) is 4. The van der Waals surface area contributed by atoms with Gasteiger partial charge in [-0.3, -0.25) is 0 Å². The Hall–Kier alpha value is -1.31. The Morgan fingerprint density at radius 3 is 2.22 bits per heavy atom. The van der Waals surface area contributed by atoms with E-state index in [1.807, 2.05) is 31.2 Å². The second kappa shape index (κ2) is 7.07. The zero-order chi connectivity index (χ0) is 16.3. The van der Waals surface area contributed by atoms with E-state index >= 15 is 0 Å². The van der Waals surface area contributed by atoms with Crippen LogP contribution >= 0.6 is 0 Å². The highest BCUT2D eigenvalue weighted by atomic mass is 32.2. The van der Waals surface area contributed by atoms with E-state index in [0.717, 1.165) is 24.3 Å². The molecule has 23 heavy (non-hydrogen) atoms. The quantitative estimate of drug-likeness (QED) is 0.817. The van der Waals surface area contributed by atoms with Crippen LogP contribution in [0.4, 0.5) is 5.69 Å². The Morgan fingerprint density at radius 1 is 0.957 bits per heavy atom. The highest BCUT2D eigenvalue weighted by Gasteiger charge is 2.34. The maximum absolute atomic E-state index is 12.6.